The average Bonchev–Trinajstić information content (AvgIpc) is 2.93. The van der Waals surface area contributed by atoms with Crippen LogP contribution in [-0.2, 0) is 5.41 Å². The number of nitrogens with zero attached hydrogens (tertiary/aromatic N) is 2. The van der Waals surface area contributed by atoms with Crippen LogP contribution in [0.5, 0.6) is 5.75 Å². The molecular weight excluding hydrogens is 504 g/mol. The molecule has 0 radical (unpaired) electrons. The Balaban J connectivity index is 1.43. The number of hydrogen-bond donors (Lipinski definition) is 2. The predicted octanol–water partition coefficient (Wildman–Crippen LogP) is 7.71. The first-order valence-electron chi connectivity index (χ1n) is 13.3. The lowest BCUT2D eigenvalue weighted by atomic mass is 9.87. The van der Waals surface area contributed by atoms with Crippen LogP contribution in [0.1, 0.15) is 32.0 Å². The Morgan fingerprint density at radius 1 is 0.897 bits per heavy atom. The van der Waals surface area contributed by atoms with Crippen LogP contribution in [0.15, 0.2) is 66.7 Å². The van der Waals surface area contributed by atoms with Gasteiger partial charge in [-0.1, -0.05) is 57.2 Å². The number of amides is 2. The van der Waals surface area contributed by atoms with Crippen molar-refractivity contribution in [3.8, 4) is 16.9 Å². The molecule has 6 nitrogen and oxygen atoms in total. The average molecular weight is 541 g/mol. The SMILES string of the molecule is COc1ccc(C(C)(C)C)cc1NC(=O)Nc1ccc(-c2ccc(N3CCSCC3)nc2C)c2ccccc12. The summed E-state index contributed by atoms with van der Waals surface area (Å²) in [5.74, 6) is 3.95. The lowest BCUT2D eigenvalue weighted by Crippen LogP contribution is -2.33. The molecule has 7 heteroatoms. The highest BCUT2D eigenvalue weighted by molar-refractivity contribution is 7.99. The number of ether oxygens (including phenoxy) is 1. The number of aryl methyl sites for hydroxylation is 1. The van der Waals surface area contributed by atoms with Crippen molar-refractivity contribution >= 4 is 45.8 Å². The van der Waals surface area contributed by atoms with Crippen molar-refractivity contribution in [2.75, 3.05) is 47.2 Å². The van der Waals surface area contributed by atoms with Gasteiger partial charge in [-0.25, -0.2) is 9.78 Å². The number of nitrogens with one attached hydrogen (secondary N) is 2. The fourth-order valence-corrected chi connectivity index (χ4v) is 5.90. The molecule has 0 aliphatic carbocycles. The normalized spacial score (nSPS) is 13.8. The molecule has 0 bridgehead atoms. The number of benzene rings is 3. The minimum Gasteiger partial charge on any atom is -0.495 e. The van der Waals surface area contributed by atoms with Crippen molar-refractivity contribution in [2.24, 2.45) is 0 Å². The number of rotatable bonds is 5. The summed E-state index contributed by atoms with van der Waals surface area (Å²) in [6.07, 6.45) is 0. The van der Waals surface area contributed by atoms with E-state index in [-0.39, 0.29) is 11.4 Å². The van der Waals surface area contributed by atoms with Gasteiger partial charge < -0.3 is 20.3 Å². The number of pyridine rings is 1. The largest absolute Gasteiger partial charge is 0.495 e. The highest BCUT2D eigenvalue weighted by Crippen LogP contribution is 2.36. The van der Waals surface area contributed by atoms with E-state index in [9.17, 15) is 4.79 Å². The van der Waals surface area contributed by atoms with E-state index in [1.54, 1.807) is 7.11 Å². The predicted molar refractivity (Wildman–Crippen MR) is 166 cm³/mol. The quantitative estimate of drug-likeness (QED) is 0.271. The van der Waals surface area contributed by atoms with Crippen LogP contribution in [0.3, 0.4) is 0 Å². The van der Waals surface area contributed by atoms with Crippen LogP contribution in [0.2, 0.25) is 0 Å². The summed E-state index contributed by atoms with van der Waals surface area (Å²) in [4.78, 5) is 20.5. The summed E-state index contributed by atoms with van der Waals surface area (Å²) >= 11 is 2.00. The van der Waals surface area contributed by atoms with Crippen molar-refractivity contribution in [2.45, 2.75) is 33.1 Å². The molecule has 0 unspecified atom stereocenters. The fraction of sp³-hybridized carbons (Fsp3) is 0.312. The van der Waals surface area contributed by atoms with Gasteiger partial charge >= 0.3 is 6.03 Å². The number of anilines is 3. The van der Waals surface area contributed by atoms with E-state index in [4.69, 9.17) is 9.72 Å². The molecule has 2 N–H and O–H groups in total. The van der Waals surface area contributed by atoms with Crippen LogP contribution in [-0.4, -0.2) is 42.7 Å². The van der Waals surface area contributed by atoms with Crippen LogP contribution < -0.4 is 20.3 Å². The Labute approximate surface area is 235 Å². The number of fused-ring (bicyclic) bond motifs is 1. The summed E-state index contributed by atoms with van der Waals surface area (Å²) in [5, 5.41) is 8.08. The molecule has 0 spiro atoms. The first-order chi connectivity index (χ1) is 18.7. The number of thioether (sulfide) groups is 1. The van der Waals surface area contributed by atoms with E-state index in [0.29, 0.717) is 11.4 Å². The van der Waals surface area contributed by atoms with Gasteiger partial charge in [0.05, 0.1) is 18.5 Å². The van der Waals surface area contributed by atoms with E-state index in [1.807, 2.05) is 54.2 Å². The van der Waals surface area contributed by atoms with E-state index in [2.05, 4.69) is 67.5 Å². The Morgan fingerprint density at radius 2 is 1.59 bits per heavy atom. The molecular formula is C32H36N4O2S. The van der Waals surface area contributed by atoms with Crippen molar-refractivity contribution in [1.82, 2.24) is 4.98 Å². The maximum atomic E-state index is 13.2. The number of urea groups is 1. The number of carbonyl (C=O) groups excluding carboxylic acids is 1. The Bertz CT molecular complexity index is 1510. The molecule has 0 saturated carbocycles. The highest BCUT2D eigenvalue weighted by atomic mass is 32.2. The van der Waals surface area contributed by atoms with Crippen molar-refractivity contribution < 1.29 is 9.53 Å². The van der Waals surface area contributed by atoms with E-state index < -0.39 is 0 Å². The molecule has 4 aromatic rings. The van der Waals surface area contributed by atoms with Gasteiger partial charge in [0, 0.05) is 41.2 Å². The molecule has 1 saturated heterocycles. The van der Waals surface area contributed by atoms with Gasteiger partial charge in [0.1, 0.15) is 11.6 Å². The topological polar surface area (TPSA) is 66.5 Å². The highest BCUT2D eigenvalue weighted by Gasteiger charge is 2.19. The number of hydrogen-bond acceptors (Lipinski definition) is 5. The third-order valence-corrected chi connectivity index (χ3v) is 8.12. The second-order valence-electron chi connectivity index (χ2n) is 10.9. The van der Waals surface area contributed by atoms with Crippen molar-refractivity contribution in [3.63, 3.8) is 0 Å². The molecule has 5 rings (SSSR count). The minimum atomic E-state index is -0.320. The first-order valence-corrected chi connectivity index (χ1v) is 14.5. The zero-order chi connectivity index (χ0) is 27.6. The van der Waals surface area contributed by atoms with Crippen molar-refractivity contribution in [1.29, 1.82) is 0 Å². The molecule has 3 aromatic carbocycles. The number of carbonyl (C=O) groups is 1. The summed E-state index contributed by atoms with van der Waals surface area (Å²) < 4.78 is 5.50. The van der Waals surface area contributed by atoms with Crippen LogP contribution in [0.4, 0.5) is 22.0 Å². The second kappa shape index (κ2) is 11.2. The van der Waals surface area contributed by atoms with E-state index in [0.717, 1.165) is 69.3 Å². The van der Waals surface area contributed by atoms with Crippen molar-refractivity contribution in [3.05, 3.63) is 78.0 Å². The molecule has 2 amide bonds. The summed E-state index contributed by atoms with van der Waals surface area (Å²) in [5.41, 5.74) is 5.64. The van der Waals surface area contributed by atoms with Gasteiger partial charge in [-0.15, -0.1) is 0 Å². The molecule has 0 atom stereocenters. The van der Waals surface area contributed by atoms with Gasteiger partial charge in [-0.05, 0) is 59.2 Å². The van der Waals surface area contributed by atoms with E-state index >= 15 is 0 Å². The summed E-state index contributed by atoms with van der Waals surface area (Å²) in [6, 6.07) is 22.1. The molecule has 202 valence electrons. The third kappa shape index (κ3) is 5.83. The monoisotopic (exact) mass is 540 g/mol. The maximum absolute atomic E-state index is 13.2. The zero-order valence-corrected chi connectivity index (χ0v) is 24.1. The number of methoxy groups -OCH3 is 1. The number of aromatic nitrogens is 1. The fourth-order valence-electron chi connectivity index (χ4n) is 4.99. The summed E-state index contributed by atoms with van der Waals surface area (Å²) in [7, 11) is 1.61. The lowest BCUT2D eigenvalue weighted by molar-refractivity contribution is 0.262. The van der Waals surface area contributed by atoms with E-state index in [1.165, 1.54) is 0 Å². The van der Waals surface area contributed by atoms with Gasteiger partial charge in [0.2, 0.25) is 0 Å². The lowest BCUT2D eigenvalue weighted by Gasteiger charge is -2.28. The molecule has 1 aromatic heterocycles. The minimum absolute atomic E-state index is 0.0523. The van der Waals surface area contributed by atoms with Crippen LogP contribution in [0.25, 0.3) is 21.9 Å². The Morgan fingerprint density at radius 3 is 2.28 bits per heavy atom. The summed E-state index contributed by atoms with van der Waals surface area (Å²) in [6.45, 7) is 10.6. The van der Waals surface area contributed by atoms with Crippen LogP contribution >= 0.6 is 11.8 Å². The second-order valence-corrected chi connectivity index (χ2v) is 12.1. The maximum Gasteiger partial charge on any atom is 0.323 e. The standard InChI is InChI=1S/C32H36N4O2S/c1-21-23(12-15-30(33-21)36-16-18-39-19-17-36)25-11-13-27(26-9-7-6-8-24(25)26)34-31(37)35-28-20-22(32(2,3)4)10-14-29(28)38-5/h6-15,20H,16-19H2,1-5H3,(H2,34,35,37). The van der Waals surface area contributed by atoms with Gasteiger partial charge in [-0.3, -0.25) is 0 Å². The molecule has 1 aliphatic rings. The molecule has 1 aliphatic heterocycles. The third-order valence-electron chi connectivity index (χ3n) is 7.18. The van der Waals surface area contributed by atoms with Gasteiger partial charge in [-0.2, -0.15) is 11.8 Å². The van der Waals surface area contributed by atoms with Crippen LogP contribution in [0, 0.1) is 6.92 Å². The Kier molecular flexibility index (Phi) is 7.71. The molecule has 39 heavy (non-hydrogen) atoms. The Hall–Kier alpha value is -3.71. The smallest absolute Gasteiger partial charge is 0.323 e. The zero-order valence-electron chi connectivity index (χ0n) is 23.3. The molecule has 2 heterocycles. The molecule has 1 fully saturated rings. The van der Waals surface area contributed by atoms with Gasteiger partial charge in [0.15, 0.2) is 0 Å². The van der Waals surface area contributed by atoms with Gasteiger partial charge in [0.25, 0.3) is 0 Å². The first kappa shape index (κ1) is 26.9.